The summed E-state index contributed by atoms with van der Waals surface area (Å²) in [6, 6.07) is 0.416. The molecule has 0 aliphatic carbocycles. The molecule has 6 heteroatoms. The molecule has 5 nitrogen and oxygen atoms in total. The lowest BCUT2D eigenvalue weighted by atomic mass is 10.0. The van der Waals surface area contributed by atoms with Crippen molar-refractivity contribution in [2.24, 2.45) is 0 Å². The molecule has 0 spiro atoms. The normalized spacial score (nSPS) is 24.1. The van der Waals surface area contributed by atoms with E-state index in [1.807, 2.05) is 7.05 Å². The predicted octanol–water partition coefficient (Wildman–Crippen LogP) is 2.28. The molecular weight excluding hydrogens is 296 g/mol. The second-order valence-corrected chi connectivity index (χ2v) is 5.33. The first-order valence-electron chi connectivity index (χ1n) is 6.15. The van der Waals surface area contributed by atoms with E-state index in [9.17, 15) is 0 Å². The average Bonchev–Trinajstić information content (AvgIpc) is 2.39. The number of methoxy groups -OCH3 is 1. The fraction of sp³-hybridized carbons (Fsp3) is 0.667. The summed E-state index contributed by atoms with van der Waals surface area (Å²) in [5.74, 6) is 1.78. The Morgan fingerprint density at radius 3 is 2.89 bits per heavy atom. The van der Waals surface area contributed by atoms with Gasteiger partial charge in [-0.15, -0.1) is 0 Å². The molecule has 1 N–H and O–H groups in total. The Morgan fingerprint density at radius 1 is 1.50 bits per heavy atom. The van der Waals surface area contributed by atoms with Gasteiger partial charge in [0, 0.05) is 26.7 Å². The Morgan fingerprint density at radius 2 is 2.28 bits per heavy atom. The maximum absolute atomic E-state index is 5.44. The van der Waals surface area contributed by atoms with E-state index in [0.29, 0.717) is 12.1 Å². The summed E-state index contributed by atoms with van der Waals surface area (Å²) in [6.07, 6.45) is 4.02. The smallest absolute Gasteiger partial charge is 0.148 e. The van der Waals surface area contributed by atoms with E-state index in [1.165, 1.54) is 0 Å². The zero-order valence-corrected chi connectivity index (χ0v) is 12.6. The first-order valence-corrected chi connectivity index (χ1v) is 6.94. The zero-order valence-electron chi connectivity index (χ0n) is 11.0. The third-order valence-corrected chi connectivity index (χ3v) is 4.17. The molecule has 0 bridgehead atoms. The van der Waals surface area contributed by atoms with Crippen LogP contribution in [0.2, 0.25) is 0 Å². The molecule has 1 aromatic rings. The monoisotopic (exact) mass is 314 g/mol. The second-order valence-electron chi connectivity index (χ2n) is 4.53. The minimum absolute atomic E-state index is 0.362. The minimum Gasteiger partial charge on any atom is -0.381 e. The molecule has 0 aromatic carbocycles. The van der Waals surface area contributed by atoms with Crippen LogP contribution >= 0.6 is 15.9 Å². The van der Waals surface area contributed by atoms with Gasteiger partial charge < -0.3 is 15.0 Å². The molecule has 1 aliphatic rings. The van der Waals surface area contributed by atoms with Crippen LogP contribution in [0, 0.1) is 0 Å². The number of hydrogen-bond acceptors (Lipinski definition) is 5. The van der Waals surface area contributed by atoms with E-state index < -0.39 is 0 Å². The Balaban J connectivity index is 2.22. The van der Waals surface area contributed by atoms with Gasteiger partial charge in [0.1, 0.15) is 22.4 Å². The molecule has 18 heavy (non-hydrogen) atoms. The van der Waals surface area contributed by atoms with Crippen LogP contribution < -0.4 is 10.2 Å². The summed E-state index contributed by atoms with van der Waals surface area (Å²) in [5, 5.41) is 3.06. The molecular formula is C12H19BrN4O. The average molecular weight is 315 g/mol. The van der Waals surface area contributed by atoms with Crippen molar-refractivity contribution in [3.8, 4) is 0 Å². The van der Waals surface area contributed by atoms with E-state index in [-0.39, 0.29) is 0 Å². The highest BCUT2D eigenvalue weighted by atomic mass is 79.9. The number of hydrogen-bond donors (Lipinski definition) is 1. The number of anilines is 2. The lowest BCUT2D eigenvalue weighted by molar-refractivity contribution is 0.0719. The zero-order chi connectivity index (χ0) is 13.1. The van der Waals surface area contributed by atoms with Gasteiger partial charge in [-0.1, -0.05) is 0 Å². The Labute approximate surface area is 116 Å². The first-order chi connectivity index (χ1) is 8.67. The van der Waals surface area contributed by atoms with Gasteiger partial charge in [-0.2, -0.15) is 0 Å². The molecule has 1 aromatic heterocycles. The van der Waals surface area contributed by atoms with Crippen molar-refractivity contribution in [2.75, 3.05) is 30.9 Å². The molecule has 1 aliphatic heterocycles. The topological polar surface area (TPSA) is 50.3 Å². The number of aromatic nitrogens is 2. The molecule has 1 fully saturated rings. The number of rotatable bonds is 3. The fourth-order valence-electron chi connectivity index (χ4n) is 2.39. The summed E-state index contributed by atoms with van der Waals surface area (Å²) in [7, 11) is 3.64. The van der Waals surface area contributed by atoms with Crippen LogP contribution in [0.4, 0.5) is 11.6 Å². The molecule has 0 radical (unpaired) electrons. The molecule has 0 amide bonds. The van der Waals surface area contributed by atoms with Crippen LogP contribution in [0.1, 0.15) is 19.8 Å². The van der Waals surface area contributed by atoms with Gasteiger partial charge >= 0.3 is 0 Å². The number of nitrogens with zero attached hydrogens (tertiary/aromatic N) is 3. The van der Waals surface area contributed by atoms with Crippen molar-refractivity contribution < 1.29 is 4.74 Å². The molecule has 2 unspecified atom stereocenters. The SMILES string of the molecule is CNc1ncnc(N2CCC(OC)CC2C)c1Br. The first kappa shape index (κ1) is 13.5. The van der Waals surface area contributed by atoms with Gasteiger partial charge in [-0.05, 0) is 35.7 Å². The van der Waals surface area contributed by atoms with E-state index in [1.54, 1.807) is 13.4 Å². The number of ether oxygens (including phenoxy) is 1. The van der Waals surface area contributed by atoms with Crippen molar-refractivity contribution in [3.05, 3.63) is 10.8 Å². The van der Waals surface area contributed by atoms with Gasteiger partial charge in [0.15, 0.2) is 0 Å². The van der Waals surface area contributed by atoms with E-state index in [4.69, 9.17) is 4.74 Å². The van der Waals surface area contributed by atoms with E-state index >= 15 is 0 Å². The lowest BCUT2D eigenvalue weighted by Gasteiger charge is -2.38. The third-order valence-electron chi connectivity index (χ3n) is 3.44. The van der Waals surface area contributed by atoms with Crippen LogP contribution in [0.25, 0.3) is 0 Å². The molecule has 2 rings (SSSR count). The predicted molar refractivity (Wildman–Crippen MR) is 76.1 cm³/mol. The molecule has 0 saturated carbocycles. The summed E-state index contributed by atoms with van der Waals surface area (Å²) >= 11 is 3.58. The van der Waals surface area contributed by atoms with Gasteiger partial charge in [0.25, 0.3) is 0 Å². The lowest BCUT2D eigenvalue weighted by Crippen LogP contribution is -2.44. The van der Waals surface area contributed by atoms with Crippen LogP contribution in [-0.4, -0.2) is 42.8 Å². The number of halogens is 1. The van der Waals surface area contributed by atoms with E-state index in [2.05, 4.69) is 43.0 Å². The standard InChI is InChI=1S/C12H19BrN4O/c1-8-6-9(18-3)4-5-17(8)12-10(13)11(14-2)15-7-16-12/h7-9H,4-6H2,1-3H3,(H,14,15,16). The van der Waals surface area contributed by atoms with Gasteiger partial charge in [-0.25, -0.2) is 9.97 Å². The van der Waals surface area contributed by atoms with Crippen molar-refractivity contribution in [3.63, 3.8) is 0 Å². The number of nitrogens with one attached hydrogen (secondary N) is 1. The molecule has 100 valence electrons. The van der Waals surface area contributed by atoms with Crippen LogP contribution in [0.3, 0.4) is 0 Å². The van der Waals surface area contributed by atoms with Crippen molar-refractivity contribution in [1.29, 1.82) is 0 Å². The molecule has 2 heterocycles. The minimum atomic E-state index is 0.362. The molecule has 1 saturated heterocycles. The highest BCUT2D eigenvalue weighted by molar-refractivity contribution is 9.10. The summed E-state index contributed by atoms with van der Waals surface area (Å²) in [4.78, 5) is 10.9. The maximum Gasteiger partial charge on any atom is 0.148 e. The van der Waals surface area contributed by atoms with E-state index in [0.717, 1.165) is 35.5 Å². The second kappa shape index (κ2) is 5.84. The maximum atomic E-state index is 5.44. The van der Waals surface area contributed by atoms with Crippen molar-refractivity contribution in [2.45, 2.75) is 31.9 Å². The van der Waals surface area contributed by atoms with Gasteiger partial charge in [0.05, 0.1) is 6.10 Å². The summed E-state index contributed by atoms with van der Waals surface area (Å²) in [5.41, 5.74) is 0. The summed E-state index contributed by atoms with van der Waals surface area (Å²) < 4.78 is 6.36. The largest absolute Gasteiger partial charge is 0.381 e. The summed E-state index contributed by atoms with van der Waals surface area (Å²) in [6.45, 7) is 3.16. The Bertz CT molecular complexity index is 415. The van der Waals surface area contributed by atoms with Gasteiger partial charge in [-0.3, -0.25) is 0 Å². The van der Waals surface area contributed by atoms with Gasteiger partial charge in [0.2, 0.25) is 0 Å². The van der Waals surface area contributed by atoms with Crippen molar-refractivity contribution >= 4 is 27.6 Å². The fourth-order valence-corrected chi connectivity index (χ4v) is 3.02. The van der Waals surface area contributed by atoms with Crippen LogP contribution in [-0.2, 0) is 4.74 Å². The number of piperidine rings is 1. The van der Waals surface area contributed by atoms with Crippen molar-refractivity contribution in [1.82, 2.24) is 9.97 Å². The highest BCUT2D eigenvalue weighted by Gasteiger charge is 2.28. The highest BCUT2D eigenvalue weighted by Crippen LogP contribution is 2.33. The third kappa shape index (κ3) is 2.59. The van der Waals surface area contributed by atoms with Crippen LogP contribution in [0.5, 0.6) is 0 Å². The Hall–Kier alpha value is -0.880. The molecule has 2 atom stereocenters. The quantitative estimate of drug-likeness (QED) is 0.927. The Kier molecular flexibility index (Phi) is 4.40. The van der Waals surface area contributed by atoms with Crippen LogP contribution in [0.15, 0.2) is 10.8 Å².